The highest BCUT2D eigenvalue weighted by atomic mass is 32.1. The quantitative estimate of drug-likeness (QED) is 0.162. The molecule has 2 bridgehead atoms. The number of nitrogens with zero attached hydrogens (tertiary/aromatic N) is 2. The molecule has 15 rings (SSSR count). The third-order valence-electron chi connectivity index (χ3n) is 24.6. The summed E-state index contributed by atoms with van der Waals surface area (Å²) in [4.78, 5) is 7.34. The zero-order valence-electron chi connectivity index (χ0n) is 54.0. The van der Waals surface area contributed by atoms with Crippen LogP contribution in [0, 0.1) is 0 Å². The van der Waals surface area contributed by atoms with Crippen molar-refractivity contribution in [2.24, 2.45) is 0 Å². The molecule has 2 nitrogen and oxygen atoms in total. The molecule has 428 valence electrons. The second kappa shape index (κ2) is 16.8. The van der Waals surface area contributed by atoms with Crippen LogP contribution in [0.1, 0.15) is 250 Å². The lowest BCUT2D eigenvalue weighted by Crippen LogP contribution is -2.62. The van der Waals surface area contributed by atoms with Crippen LogP contribution >= 0.6 is 11.3 Å². The lowest BCUT2D eigenvalue weighted by atomic mass is 9.32. The molecule has 0 amide bonds. The predicted octanol–water partition coefficient (Wildman–Crippen LogP) is 20.3. The molecule has 2 atom stereocenters. The first-order valence-corrected chi connectivity index (χ1v) is 33.3. The first kappa shape index (κ1) is 54.3. The standard InChI is InChI=1S/C79H93BN2S/c1-70(2)28-30-72(5,6)55-40-49(24-26-53(55)70)81-62-45-59-60-44-61(62)80-66-63(81)38-48(52-43-58-57(74(9,10)32-33-75(58,11)12)42-51(52)47-22-20-19-21-23-47)39-64(66)82(50-25-27-54-56(41-50)73(7,8)31-29-71(54,3)4)69-67(80)65-68(83-69)77(15,16)35-37-79(65,18)46-78(60,17)36-34-76(59,13)14/h19-27,38-45H,28-37,46H2,1-18H3. The lowest BCUT2D eigenvalue weighted by Gasteiger charge is -2.50. The summed E-state index contributed by atoms with van der Waals surface area (Å²) in [6.07, 6.45) is 13.1. The molecule has 4 heteroatoms. The van der Waals surface area contributed by atoms with E-state index in [0.717, 1.165) is 0 Å². The van der Waals surface area contributed by atoms with E-state index in [9.17, 15) is 0 Å². The molecule has 0 spiro atoms. The Balaban J connectivity index is 1.13. The van der Waals surface area contributed by atoms with Gasteiger partial charge in [0, 0.05) is 33.3 Å². The van der Waals surface area contributed by atoms with Crippen LogP contribution in [0.4, 0.5) is 33.4 Å². The zero-order chi connectivity index (χ0) is 58.5. The van der Waals surface area contributed by atoms with Gasteiger partial charge < -0.3 is 9.80 Å². The molecular formula is C79H93BN2S. The summed E-state index contributed by atoms with van der Waals surface area (Å²) in [6.45, 7) is 45.9. The van der Waals surface area contributed by atoms with E-state index in [0.29, 0.717) is 0 Å². The molecule has 0 saturated heterocycles. The van der Waals surface area contributed by atoms with E-state index >= 15 is 0 Å². The Morgan fingerprint density at radius 1 is 0.349 bits per heavy atom. The van der Waals surface area contributed by atoms with Gasteiger partial charge in [0.05, 0.1) is 5.00 Å². The average Bonchev–Trinajstić information content (AvgIpc) is 4.13. The van der Waals surface area contributed by atoms with Gasteiger partial charge in [-0.2, -0.15) is 0 Å². The summed E-state index contributed by atoms with van der Waals surface area (Å²) in [5, 5.41) is 1.46. The molecule has 8 aliphatic rings. The normalized spacial score (nSPS) is 25.7. The molecule has 7 aromatic rings. The third-order valence-corrected chi connectivity index (χ3v) is 26.2. The number of hydrogen-bond acceptors (Lipinski definition) is 3. The molecule has 0 radical (unpaired) electrons. The highest BCUT2D eigenvalue weighted by Crippen LogP contribution is 2.63. The largest absolute Gasteiger partial charge is 0.311 e. The van der Waals surface area contributed by atoms with Gasteiger partial charge in [-0.1, -0.05) is 173 Å². The molecule has 4 heterocycles. The zero-order valence-corrected chi connectivity index (χ0v) is 54.8. The summed E-state index contributed by atoms with van der Waals surface area (Å²) in [7, 11) is 0. The van der Waals surface area contributed by atoms with Crippen molar-refractivity contribution in [3.05, 3.63) is 158 Å². The van der Waals surface area contributed by atoms with Crippen LogP contribution in [0.15, 0.2) is 103 Å². The van der Waals surface area contributed by atoms with Gasteiger partial charge in [0.25, 0.3) is 6.71 Å². The summed E-state index contributed by atoms with van der Waals surface area (Å²) in [6, 6.07) is 43.4. The van der Waals surface area contributed by atoms with Crippen molar-refractivity contribution in [2.75, 3.05) is 9.80 Å². The third kappa shape index (κ3) is 7.57. The van der Waals surface area contributed by atoms with Gasteiger partial charge in [-0.25, -0.2) is 0 Å². The topological polar surface area (TPSA) is 6.48 Å². The van der Waals surface area contributed by atoms with Crippen LogP contribution in [0.5, 0.6) is 0 Å². The predicted molar refractivity (Wildman–Crippen MR) is 359 cm³/mol. The number of anilines is 6. The van der Waals surface area contributed by atoms with Crippen molar-refractivity contribution in [1.82, 2.24) is 0 Å². The Hall–Kier alpha value is -5.32. The molecule has 3 aliphatic heterocycles. The maximum Gasteiger partial charge on any atom is 0.253 e. The summed E-state index contributed by atoms with van der Waals surface area (Å²) in [5.74, 6) is 0. The molecule has 0 fully saturated rings. The Bertz CT molecular complexity index is 3960. The Labute approximate surface area is 504 Å². The Kier molecular flexibility index (Phi) is 11.0. The van der Waals surface area contributed by atoms with Gasteiger partial charge in [0.2, 0.25) is 0 Å². The number of benzene rings is 6. The SMILES string of the molecule is CC1(C)CCC(C)(C)c2cc(N3c4cc5c6cc4B4c7c3cc(-c3cc8c(cc3-c3ccccc3)C(C)(C)CCC8(C)C)cc7N(c3ccc7c(c3)C(C)(C)CCC7(C)C)c3sc7c(c34)C(C)(CCC7(C)C)CC6(C)CCC5(C)C)ccc21. The van der Waals surface area contributed by atoms with E-state index < -0.39 is 0 Å². The van der Waals surface area contributed by atoms with Crippen LogP contribution < -0.4 is 26.2 Å². The number of hydrogen-bond donors (Lipinski definition) is 0. The Morgan fingerprint density at radius 3 is 1.33 bits per heavy atom. The second-order valence-electron chi connectivity index (χ2n) is 34.2. The van der Waals surface area contributed by atoms with E-state index in [1.807, 2.05) is 0 Å². The highest BCUT2D eigenvalue weighted by molar-refractivity contribution is 7.20. The molecule has 1 aromatic heterocycles. The molecule has 2 unspecified atom stereocenters. The minimum absolute atomic E-state index is 0.00275. The summed E-state index contributed by atoms with van der Waals surface area (Å²) < 4.78 is 0. The molecule has 6 aromatic carbocycles. The van der Waals surface area contributed by atoms with Gasteiger partial charge in [0.15, 0.2) is 0 Å². The van der Waals surface area contributed by atoms with E-state index in [-0.39, 0.29) is 60.9 Å². The molecule has 5 aliphatic carbocycles. The van der Waals surface area contributed by atoms with E-state index in [4.69, 9.17) is 0 Å². The second-order valence-corrected chi connectivity index (χ2v) is 35.2. The van der Waals surface area contributed by atoms with Crippen molar-refractivity contribution >= 4 is 67.9 Å². The molecule has 83 heavy (non-hydrogen) atoms. The van der Waals surface area contributed by atoms with Crippen LogP contribution in [0.2, 0.25) is 0 Å². The van der Waals surface area contributed by atoms with Crippen LogP contribution in [-0.2, 0) is 54.1 Å². The fraction of sp³-hybridized carbons (Fsp3) is 0.494. The smallest absolute Gasteiger partial charge is 0.253 e. The van der Waals surface area contributed by atoms with Gasteiger partial charge in [-0.05, 0) is 268 Å². The molecular weight excluding hydrogens is 1020 g/mol. The minimum Gasteiger partial charge on any atom is -0.311 e. The number of thiophene rings is 1. The van der Waals surface area contributed by atoms with Gasteiger partial charge in [0.1, 0.15) is 0 Å². The van der Waals surface area contributed by atoms with Gasteiger partial charge in [-0.3, -0.25) is 0 Å². The van der Waals surface area contributed by atoms with Crippen molar-refractivity contribution in [3.8, 4) is 22.3 Å². The fourth-order valence-corrected chi connectivity index (χ4v) is 20.4. The maximum atomic E-state index is 2.87. The average molecular weight is 1110 g/mol. The Morgan fingerprint density at radius 2 is 0.783 bits per heavy atom. The monoisotopic (exact) mass is 1110 g/mol. The summed E-state index contributed by atoms with van der Waals surface area (Å²) >= 11 is 2.18. The fourth-order valence-electron chi connectivity index (χ4n) is 18.8. The van der Waals surface area contributed by atoms with Crippen molar-refractivity contribution in [3.63, 3.8) is 0 Å². The first-order chi connectivity index (χ1) is 38.8. The van der Waals surface area contributed by atoms with Gasteiger partial charge in [-0.15, -0.1) is 11.3 Å². The van der Waals surface area contributed by atoms with Crippen LogP contribution in [-0.4, -0.2) is 6.71 Å². The van der Waals surface area contributed by atoms with Crippen LogP contribution in [0.3, 0.4) is 0 Å². The van der Waals surface area contributed by atoms with Crippen molar-refractivity contribution < 1.29 is 0 Å². The molecule has 0 saturated carbocycles. The number of fused-ring (bicyclic) bond motifs is 3. The van der Waals surface area contributed by atoms with Crippen molar-refractivity contribution in [1.29, 1.82) is 0 Å². The van der Waals surface area contributed by atoms with E-state index in [1.54, 1.807) is 27.0 Å². The minimum atomic E-state index is 0.00275. The van der Waals surface area contributed by atoms with Gasteiger partial charge >= 0.3 is 0 Å². The maximum absolute atomic E-state index is 2.87. The highest BCUT2D eigenvalue weighted by Gasteiger charge is 2.57. The first-order valence-electron chi connectivity index (χ1n) is 32.5. The van der Waals surface area contributed by atoms with Crippen LogP contribution in [0.25, 0.3) is 22.3 Å². The van der Waals surface area contributed by atoms with E-state index in [2.05, 4.69) is 249 Å². The molecule has 0 N–H and O–H groups in total. The summed E-state index contributed by atoms with van der Waals surface area (Å²) in [5.41, 5.74) is 31.1. The van der Waals surface area contributed by atoms with E-state index in [1.165, 1.54) is 171 Å². The lowest BCUT2D eigenvalue weighted by molar-refractivity contribution is 0.211. The number of rotatable bonds is 4. The van der Waals surface area contributed by atoms with Crippen molar-refractivity contribution in [2.45, 2.75) is 249 Å².